The van der Waals surface area contributed by atoms with E-state index < -0.39 is 11.9 Å². The number of nitrogens with two attached hydrogens (primary N) is 1. The summed E-state index contributed by atoms with van der Waals surface area (Å²) in [4.78, 5) is 0. The van der Waals surface area contributed by atoms with Crippen molar-refractivity contribution in [2.45, 2.75) is 6.10 Å². The second-order valence-corrected chi connectivity index (χ2v) is 4.38. The Morgan fingerprint density at radius 3 is 2.37 bits per heavy atom. The molecule has 2 N–H and O–H groups in total. The molecule has 0 saturated heterocycles. The van der Waals surface area contributed by atoms with Gasteiger partial charge in [0.1, 0.15) is 23.5 Å². The molecule has 0 aromatic heterocycles. The van der Waals surface area contributed by atoms with Crippen molar-refractivity contribution in [2.75, 3.05) is 6.54 Å². The minimum atomic E-state index is -0.514. The van der Waals surface area contributed by atoms with Gasteiger partial charge < -0.3 is 10.5 Å². The summed E-state index contributed by atoms with van der Waals surface area (Å²) in [6.07, 6.45) is -0.442. The molecule has 0 amide bonds. The first-order valence-electron chi connectivity index (χ1n) is 5.67. The Morgan fingerprint density at radius 2 is 1.79 bits per heavy atom. The third-order valence-corrected chi connectivity index (χ3v) is 2.91. The molecule has 2 nitrogen and oxygen atoms in total. The summed E-state index contributed by atoms with van der Waals surface area (Å²) in [5, 5.41) is -0.0209. The number of hydrogen-bond donors (Lipinski definition) is 1. The molecule has 0 saturated carbocycles. The number of halogens is 3. The van der Waals surface area contributed by atoms with Gasteiger partial charge in [-0.3, -0.25) is 0 Å². The Bertz CT molecular complexity index is 560. The van der Waals surface area contributed by atoms with Gasteiger partial charge in [0, 0.05) is 12.6 Å². The molecule has 0 bridgehead atoms. The fraction of sp³-hybridized carbons (Fsp3) is 0.143. The molecule has 100 valence electrons. The number of rotatable bonds is 4. The zero-order valence-electron chi connectivity index (χ0n) is 9.95. The molecule has 0 aliphatic heterocycles. The zero-order chi connectivity index (χ0) is 13.8. The third kappa shape index (κ3) is 3.43. The van der Waals surface area contributed by atoms with Gasteiger partial charge >= 0.3 is 0 Å². The van der Waals surface area contributed by atoms with E-state index in [1.165, 1.54) is 30.3 Å². The van der Waals surface area contributed by atoms with Gasteiger partial charge in [-0.05, 0) is 29.8 Å². The predicted molar refractivity (Wildman–Crippen MR) is 70.2 cm³/mol. The summed E-state index contributed by atoms with van der Waals surface area (Å²) >= 11 is 5.67. The smallest absolute Gasteiger partial charge is 0.142 e. The van der Waals surface area contributed by atoms with Crippen LogP contribution in [0.25, 0.3) is 0 Å². The number of benzene rings is 2. The predicted octanol–water partition coefficient (Wildman–Crippen LogP) is 3.70. The van der Waals surface area contributed by atoms with E-state index in [2.05, 4.69) is 0 Å². The highest BCUT2D eigenvalue weighted by molar-refractivity contribution is 6.30. The third-order valence-electron chi connectivity index (χ3n) is 2.63. The van der Waals surface area contributed by atoms with Gasteiger partial charge in [-0.15, -0.1) is 0 Å². The summed E-state index contributed by atoms with van der Waals surface area (Å²) in [7, 11) is 0. The van der Waals surface area contributed by atoms with Crippen molar-refractivity contribution in [3.8, 4) is 5.75 Å². The van der Waals surface area contributed by atoms with Crippen LogP contribution in [-0.4, -0.2) is 6.54 Å². The Labute approximate surface area is 114 Å². The van der Waals surface area contributed by atoms with Crippen LogP contribution in [0.3, 0.4) is 0 Å². The fourth-order valence-corrected chi connectivity index (χ4v) is 1.81. The molecule has 2 aromatic carbocycles. The van der Waals surface area contributed by atoms with Crippen LogP contribution in [0.4, 0.5) is 8.78 Å². The maximum absolute atomic E-state index is 13.0. The van der Waals surface area contributed by atoms with Crippen LogP contribution in [0, 0.1) is 11.6 Å². The summed E-state index contributed by atoms with van der Waals surface area (Å²) in [6, 6.07) is 9.92. The van der Waals surface area contributed by atoms with Gasteiger partial charge in [-0.1, -0.05) is 23.7 Å². The zero-order valence-corrected chi connectivity index (χ0v) is 10.7. The molecule has 0 radical (unpaired) electrons. The SMILES string of the molecule is NCC(Oc1ccc(F)c(Cl)c1)c1ccc(F)cc1. The van der Waals surface area contributed by atoms with Gasteiger partial charge in [-0.25, -0.2) is 8.78 Å². The van der Waals surface area contributed by atoms with Crippen molar-refractivity contribution >= 4 is 11.6 Å². The van der Waals surface area contributed by atoms with Crippen molar-refractivity contribution in [3.63, 3.8) is 0 Å². The van der Waals surface area contributed by atoms with Crippen LogP contribution in [0.1, 0.15) is 11.7 Å². The first kappa shape index (κ1) is 13.8. The van der Waals surface area contributed by atoms with E-state index in [1.807, 2.05) is 0 Å². The highest BCUT2D eigenvalue weighted by atomic mass is 35.5. The molecule has 1 atom stereocenters. The maximum Gasteiger partial charge on any atom is 0.142 e. The van der Waals surface area contributed by atoms with Gasteiger partial charge in [0.05, 0.1) is 5.02 Å². The topological polar surface area (TPSA) is 35.2 Å². The Balaban J connectivity index is 2.18. The maximum atomic E-state index is 13.0. The van der Waals surface area contributed by atoms with Gasteiger partial charge in [0.2, 0.25) is 0 Å². The largest absolute Gasteiger partial charge is 0.484 e. The van der Waals surface area contributed by atoms with E-state index in [0.29, 0.717) is 5.75 Å². The average Bonchev–Trinajstić information content (AvgIpc) is 2.41. The normalized spacial score (nSPS) is 12.2. The first-order valence-corrected chi connectivity index (χ1v) is 6.05. The molecule has 5 heteroatoms. The van der Waals surface area contributed by atoms with Gasteiger partial charge in [0.25, 0.3) is 0 Å². The van der Waals surface area contributed by atoms with Gasteiger partial charge in [0.15, 0.2) is 0 Å². The minimum Gasteiger partial charge on any atom is -0.484 e. The monoisotopic (exact) mass is 283 g/mol. The fourth-order valence-electron chi connectivity index (χ4n) is 1.64. The molecule has 1 unspecified atom stereocenters. The lowest BCUT2D eigenvalue weighted by molar-refractivity contribution is 0.214. The molecule has 2 rings (SSSR count). The lowest BCUT2D eigenvalue weighted by Gasteiger charge is -2.18. The van der Waals surface area contributed by atoms with E-state index in [1.54, 1.807) is 12.1 Å². The van der Waals surface area contributed by atoms with Crippen molar-refractivity contribution in [2.24, 2.45) is 5.73 Å². The summed E-state index contributed by atoms with van der Waals surface area (Å²) in [5.74, 6) is -0.435. The molecule has 0 fully saturated rings. The second-order valence-electron chi connectivity index (χ2n) is 3.97. The van der Waals surface area contributed by atoms with Crippen LogP contribution in [0.5, 0.6) is 5.75 Å². The molecular weight excluding hydrogens is 272 g/mol. The second kappa shape index (κ2) is 5.99. The number of ether oxygens (including phenoxy) is 1. The molecule has 0 aliphatic rings. The van der Waals surface area contributed by atoms with Crippen molar-refractivity contribution < 1.29 is 13.5 Å². The molecule has 2 aromatic rings. The Hall–Kier alpha value is -1.65. The lowest BCUT2D eigenvalue weighted by atomic mass is 10.1. The van der Waals surface area contributed by atoms with Crippen LogP contribution in [0.15, 0.2) is 42.5 Å². The van der Waals surface area contributed by atoms with E-state index in [0.717, 1.165) is 5.56 Å². The van der Waals surface area contributed by atoms with Crippen LogP contribution < -0.4 is 10.5 Å². The summed E-state index contributed by atoms with van der Waals surface area (Å²) in [6.45, 7) is 0.209. The Kier molecular flexibility index (Phi) is 4.35. The minimum absolute atomic E-state index is 0.0209. The van der Waals surface area contributed by atoms with Crippen LogP contribution in [0.2, 0.25) is 5.02 Å². The average molecular weight is 284 g/mol. The highest BCUT2D eigenvalue weighted by Crippen LogP contribution is 2.25. The van der Waals surface area contributed by atoms with E-state index in [9.17, 15) is 8.78 Å². The summed E-state index contributed by atoms with van der Waals surface area (Å²) < 4.78 is 31.5. The standard InChI is InChI=1S/C14H12ClF2NO/c15-12-7-11(5-6-13(12)17)19-14(8-18)9-1-3-10(16)4-2-9/h1-7,14H,8,18H2. The van der Waals surface area contributed by atoms with Crippen molar-refractivity contribution in [3.05, 3.63) is 64.7 Å². The number of hydrogen-bond acceptors (Lipinski definition) is 2. The molecule has 19 heavy (non-hydrogen) atoms. The molecule has 0 heterocycles. The quantitative estimate of drug-likeness (QED) is 0.929. The highest BCUT2D eigenvalue weighted by Gasteiger charge is 2.12. The van der Waals surface area contributed by atoms with E-state index in [4.69, 9.17) is 22.1 Å². The van der Waals surface area contributed by atoms with E-state index >= 15 is 0 Å². The van der Waals surface area contributed by atoms with Crippen molar-refractivity contribution in [1.82, 2.24) is 0 Å². The summed E-state index contributed by atoms with van der Waals surface area (Å²) in [5.41, 5.74) is 6.37. The first-order chi connectivity index (χ1) is 9.10. The van der Waals surface area contributed by atoms with Crippen LogP contribution >= 0.6 is 11.6 Å². The van der Waals surface area contributed by atoms with Crippen molar-refractivity contribution in [1.29, 1.82) is 0 Å². The molecule has 0 aliphatic carbocycles. The van der Waals surface area contributed by atoms with Crippen LogP contribution in [-0.2, 0) is 0 Å². The Morgan fingerprint density at radius 1 is 1.11 bits per heavy atom. The van der Waals surface area contributed by atoms with Gasteiger partial charge in [-0.2, -0.15) is 0 Å². The lowest BCUT2D eigenvalue weighted by Crippen LogP contribution is -2.18. The molecular formula is C14H12ClF2NO. The molecule has 0 spiro atoms. The van der Waals surface area contributed by atoms with E-state index in [-0.39, 0.29) is 17.4 Å².